The highest BCUT2D eigenvalue weighted by Gasteiger charge is 2.32. The quantitative estimate of drug-likeness (QED) is 0.844. The molecule has 8 heteroatoms. The Morgan fingerprint density at radius 2 is 2.11 bits per heavy atom. The van der Waals surface area contributed by atoms with E-state index < -0.39 is 18.2 Å². The van der Waals surface area contributed by atoms with Crippen molar-refractivity contribution >= 4 is 5.97 Å². The molecule has 0 unspecified atom stereocenters. The van der Waals surface area contributed by atoms with Gasteiger partial charge in [-0.05, 0) is 18.1 Å². The minimum Gasteiger partial charge on any atom is -0.469 e. The number of methoxy groups -OCH3 is 1. The van der Waals surface area contributed by atoms with Gasteiger partial charge in [0.15, 0.2) is 0 Å². The number of aromatic nitrogens is 1. The lowest BCUT2D eigenvalue weighted by molar-refractivity contribution is -0.276. The van der Waals surface area contributed by atoms with Crippen molar-refractivity contribution in [2.45, 2.75) is 26.3 Å². The first-order valence-electron chi connectivity index (χ1n) is 5.29. The molecular weight excluding hydrogens is 265 g/mol. The van der Waals surface area contributed by atoms with Gasteiger partial charge in [-0.2, -0.15) is 0 Å². The largest absolute Gasteiger partial charge is 0.574 e. The summed E-state index contributed by atoms with van der Waals surface area (Å²) in [7, 11) is 1.18. The molecule has 106 valence electrons. The van der Waals surface area contributed by atoms with Crippen LogP contribution in [0.4, 0.5) is 13.2 Å². The van der Waals surface area contributed by atoms with Crippen LogP contribution >= 0.6 is 0 Å². The number of halogens is 3. The van der Waals surface area contributed by atoms with Crippen LogP contribution in [0.2, 0.25) is 0 Å². The van der Waals surface area contributed by atoms with E-state index in [2.05, 4.69) is 14.5 Å². The van der Waals surface area contributed by atoms with Crippen LogP contribution in [0.3, 0.4) is 0 Å². The average molecular weight is 278 g/mol. The molecular formula is C11H13F3N2O3. The molecule has 19 heavy (non-hydrogen) atoms. The van der Waals surface area contributed by atoms with Gasteiger partial charge >= 0.3 is 12.3 Å². The van der Waals surface area contributed by atoms with Crippen molar-refractivity contribution in [3.8, 4) is 5.88 Å². The van der Waals surface area contributed by atoms with E-state index in [-0.39, 0.29) is 18.7 Å². The molecule has 1 aromatic heterocycles. The highest BCUT2D eigenvalue weighted by Crippen LogP contribution is 2.24. The van der Waals surface area contributed by atoms with Gasteiger partial charge in [-0.1, -0.05) is 0 Å². The number of carbonyl (C=O) groups excluding carboxylic acids is 1. The highest BCUT2D eigenvalue weighted by molar-refractivity contribution is 5.72. The fraction of sp³-hybridized carbons (Fsp3) is 0.455. The number of rotatable bonds is 4. The van der Waals surface area contributed by atoms with Crippen LogP contribution in [0.15, 0.2) is 6.07 Å². The number of hydrogen-bond acceptors (Lipinski definition) is 5. The van der Waals surface area contributed by atoms with Gasteiger partial charge in [0.05, 0.1) is 19.2 Å². The number of hydrogen-bond donors (Lipinski definition) is 1. The van der Waals surface area contributed by atoms with Crippen molar-refractivity contribution in [2.75, 3.05) is 7.11 Å². The molecule has 0 aliphatic rings. The average Bonchev–Trinajstić information content (AvgIpc) is 2.30. The van der Waals surface area contributed by atoms with Crippen molar-refractivity contribution in [2.24, 2.45) is 5.73 Å². The summed E-state index contributed by atoms with van der Waals surface area (Å²) >= 11 is 0. The summed E-state index contributed by atoms with van der Waals surface area (Å²) in [5, 5.41) is 0. The van der Waals surface area contributed by atoms with Crippen LogP contribution in [0.25, 0.3) is 0 Å². The maximum absolute atomic E-state index is 12.2. The summed E-state index contributed by atoms with van der Waals surface area (Å²) < 4.78 is 44.6. The van der Waals surface area contributed by atoms with Crippen LogP contribution in [-0.2, 0) is 22.5 Å². The Morgan fingerprint density at radius 3 is 2.58 bits per heavy atom. The Kier molecular flexibility index (Phi) is 4.71. The van der Waals surface area contributed by atoms with Gasteiger partial charge in [0.25, 0.3) is 0 Å². The molecule has 2 N–H and O–H groups in total. The first kappa shape index (κ1) is 15.2. The maximum Gasteiger partial charge on any atom is 0.574 e. The van der Waals surface area contributed by atoms with Crippen LogP contribution in [0.5, 0.6) is 5.88 Å². The van der Waals surface area contributed by atoms with E-state index >= 15 is 0 Å². The zero-order valence-corrected chi connectivity index (χ0v) is 10.4. The van der Waals surface area contributed by atoms with E-state index in [4.69, 9.17) is 5.73 Å². The number of nitrogens with zero attached hydrogens (tertiary/aromatic N) is 1. The third kappa shape index (κ3) is 4.40. The van der Waals surface area contributed by atoms with Gasteiger partial charge in [0, 0.05) is 12.6 Å². The van der Waals surface area contributed by atoms with Gasteiger partial charge < -0.3 is 15.2 Å². The van der Waals surface area contributed by atoms with Crippen LogP contribution < -0.4 is 10.5 Å². The zero-order valence-electron chi connectivity index (χ0n) is 10.4. The van der Waals surface area contributed by atoms with Crippen molar-refractivity contribution in [3.05, 3.63) is 22.9 Å². The Hall–Kier alpha value is -1.83. The molecule has 1 rings (SSSR count). The maximum atomic E-state index is 12.2. The van der Waals surface area contributed by atoms with E-state index in [1.54, 1.807) is 6.92 Å². The number of nitrogens with two attached hydrogens (primary N) is 1. The minimum atomic E-state index is -4.85. The molecule has 0 spiro atoms. The zero-order chi connectivity index (χ0) is 14.6. The lowest BCUT2D eigenvalue weighted by atomic mass is 10.1. The molecule has 1 aromatic rings. The molecule has 0 aromatic carbocycles. The van der Waals surface area contributed by atoms with E-state index in [0.717, 1.165) is 6.07 Å². The van der Waals surface area contributed by atoms with Crippen molar-refractivity contribution < 1.29 is 27.4 Å². The Bertz CT molecular complexity index is 475. The predicted molar refractivity (Wildman–Crippen MR) is 59.3 cm³/mol. The predicted octanol–water partition coefficient (Wildman–Crippen LogP) is 1.46. The molecule has 0 aliphatic carbocycles. The van der Waals surface area contributed by atoms with Gasteiger partial charge in [-0.3, -0.25) is 4.79 Å². The van der Waals surface area contributed by atoms with Crippen molar-refractivity contribution in [1.82, 2.24) is 4.98 Å². The van der Waals surface area contributed by atoms with Crippen molar-refractivity contribution in [1.29, 1.82) is 0 Å². The molecule has 0 fully saturated rings. The van der Waals surface area contributed by atoms with Crippen LogP contribution in [0.1, 0.15) is 16.8 Å². The minimum absolute atomic E-state index is 0.0107. The SMILES string of the molecule is COC(=O)Cc1nc(OC(F)(F)F)cc(CN)c1C. The van der Waals surface area contributed by atoms with Crippen molar-refractivity contribution in [3.63, 3.8) is 0 Å². The van der Waals surface area contributed by atoms with Gasteiger partial charge in [-0.25, -0.2) is 4.98 Å². The lowest BCUT2D eigenvalue weighted by Gasteiger charge is -2.13. The van der Waals surface area contributed by atoms with E-state index in [1.807, 2.05) is 0 Å². The number of alkyl halides is 3. The lowest BCUT2D eigenvalue weighted by Crippen LogP contribution is -2.19. The Labute approximate surface area is 107 Å². The fourth-order valence-corrected chi connectivity index (χ4v) is 1.46. The third-order valence-corrected chi connectivity index (χ3v) is 2.44. The highest BCUT2D eigenvalue weighted by atomic mass is 19.4. The Balaban J connectivity index is 3.14. The van der Waals surface area contributed by atoms with E-state index in [0.29, 0.717) is 11.1 Å². The summed E-state index contributed by atoms with van der Waals surface area (Å²) in [6, 6.07) is 1.10. The van der Waals surface area contributed by atoms with Gasteiger partial charge in [0.1, 0.15) is 0 Å². The summed E-state index contributed by atoms with van der Waals surface area (Å²) in [5.74, 6) is -1.25. The first-order chi connectivity index (χ1) is 8.76. The number of pyridine rings is 1. The third-order valence-electron chi connectivity index (χ3n) is 2.44. The molecule has 0 bridgehead atoms. The molecule has 0 saturated carbocycles. The first-order valence-corrected chi connectivity index (χ1v) is 5.29. The topological polar surface area (TPSA) is 74.4 Å². The normalized spacial score (nSPS) is 11.3. The second-order valence-electron chi connectivity index (χ2n) is 3.70. The van der Waals surface area contributed by atoms with Crippen LogP contribution in [0, 0.1) is 6.92 Å². The second kappa shape index (κ2) is 5.87. The van der Waals surface area contributed by atoms with Crippen LogP contribution in [-0.4, -0.2) is 24.4 Å². The molecule has 5 nitrogen and oxygen atoms in total. The molecule has 0 radical (unpaired) electrons. The van der Waals surface area contributed by atoms with E-state index in [9.17, 15) is 18.0 Å². The molecule has 0 saturated heterocycles. The fourth-order valence-electron chi connectivity index (χ4n) is 1.46. The standard InChI is InChI=1S/C11H13F3N2O3/c1-6-7(5-15)3-9(19-11(12,13)14)16-8(6)4-10(17)18-2/h3H,4-5,15H2,1-2H3. The number of esters is 1. The molecule has 0 amide bonds. The molecule has 0 atom stereocenters. The van der Waals surface area contributed by atoms with Gasteiger partial charge in [-0.15, -0.1) is 13.2 Å². The smallest absolute Gasteiger partial charge is 0.469 e. The number of carbonyl (C=O) groups is 1. The Morgan fingerprint density at radius 1 is 1.47 bits per heavy atom. The summed E-state index contributed by atoms with van der Waals surface area (Å²) in [6.45, 7) is 1.63. The summed E-state index contributed by atoms with van der Waals surface area (Å²) in [6.07, 6.45) is -5.10. The molecule has 1 heterocycles. The second-order valence-corrected chi connectivity index (χ2v) is 3.70. The summed E-state index contributed by atoms with van der Waals surface area (Å²) in [5.41, 5.74) is 6.55. The van der Waals surface area contributed by atoms with Gasteiger partial charge in [0.2, 0.25) is 5.88 Å². The molecule has 0 aliphatic heterocycles. The monoisotopic (exact) mass is 278 g/mol. The van der Waals surface area contributed by atoms with E-state index in [1.165, 1.54) is 7.11 Å². The summed E-state index contributed by atoms with van der Waals surface area (Å²) in [4.78, 5) is 14.8. The number of ether oxygens (including phenoxy) is 2.